The molecular weight excluding hydrogens is 523 g/mol. The van der Waals surface area contributed by atoms with Gasteiger partial charge in [-0.25, -0.2) is 18.2 Å². The molecule has 38 heavy (non-hydrogen) atoms. The average molecular weight is 546 g/mol. The maximum atomic E-state index is 14.0. The number of carbonyl (C=O) groups is 1. The summed E-state index contributed by atoms with van der Waals surface area (Å²) in [6, 6.07) is 7.01. The third-order valence-electron chi connectivity index (χ3n) is 5.85. The number of amides is 1. The van der Waals surface area contributed by atoms with E-state index in [0.717, 1.165) is 22.4 Å². The van der Waals surface area contributed by atoms with Crippen molar-refractivity contribution in [3.05, 3.63) is 99.2 Å². The maximum absolute atomic E-state index is 14.0. The number of ether oxygens (including phenoxy) is 1. The fourth-order valence-corrected chi connectivity index (χ4v) is 4.29. The van der Waals surface area contributed by atoms with Crippen LogP contribution in [0.3, 0.4) is 0 Å². The Hall–Kier alpha value is -4.25. The molecule has 8 nitrogen and oxygen atoms in total. The molecule has 0 saturated carbocycles. The van der Waals surface area contributed by atoms with Gasteiger partial charge in [0.1, 0.15) is 11.4 Å². The molecule has 0 aliphatic rings. The first kappa shape index (κ1) is 26.8. The van der Waals surface area contributed by atoms with Gasteiger partial charge in [0.15, 0.2) is 17.5 Å². The third kappa shape index (κ3) is 5.67. The molecule has 0 aliphatic carbocycles. The summed E-state index contributed by atoms with van der Waals surface area (Å²) in [4.78, 5) is 29.2. The molecule has 4 aromatic rings. The number of nitrogens with two attached hydrogens (primary N) is 1. The van der Waals surface area contributed by atoms with Gasteiger partial charge in [-0.05, 0) is 49.2 Å². The third-order valence-corrected chi connectivity index (χ3v) is 6.06. The van der Waals surface area contributed by atoms with Crippen LogP contribution >= 0.6 is 11.6 Å². The second-order valence-electron chi connectivity index (χ2n) is 8.54. The van der Waals surface area contributed by atoms with Crippen molar-refractivity contribution in [2.75, 3.05) is 12.4 Å². The van der Waals surface area contributed by atoms with Crippen molar-refractivity contribution in [2.45, 2.75) is 25.8 Å². The summed E-state index contributed by atoms with van der Waals surface area (Å²) >= 11 is 6.30. The van der Waals surface area contributed by atoms with E-state index < -0.39 is 35.0 Å². The number of hydrogen-bond acceptors (Lipinski definition) is 5. The van der Waals surface area contributed by atoms with Crippen LogP contribution in [0.5, 0.6) is 5.75 Å². The van der Waals surface area contributed by atoms with Crippen molar-refractivity contribution in [2.24, 2.45) is 5.73 Å². The highest BCUT2D eigenvalue weighted by atomic mass is 35.5. The number of aromatic nitrogens is 3. The van der Waals surface area contributed by atoms with Crippen LogP contribution in [0.4, 0.5) is 24.5 Å². The van der Waals surface area contributed by atoms with Crippen molar-refractivity contribution in [3.8, 4) is 11.4 Å². The lowest BCUT2D eigenvalue weighted by Gasteiger charge is -2.22. The quantitative estimate of drug-likeness (QED) is 0.287. The number of carbonyl (C=O) groups excluding carboxylic acids is 1. The second kappa shape index (κ2) is 11.0. The number of methoxy groups -OCH3 is 1. The smallest absolute Gasteiger partial charge is 0.274 e. The minimum absolute atomic E-state index is 0.0397. The van der Waals surface area contributed by atoms with E-state index >= 15 is 0 Å². The number of aryl methyl sites for hydroxylation is 1. The number of pyridine rings is 1. The Labute approximate surface area is 220 Å². The predicted molar refractivity (Wildman–Crippen MR) is 137 cm³/mol. The molecule has 0 radical (unpaired) electrons. The summed E-state index contributed by atoms with van der Waals surface area (Å²) in [5, 5.41) is 3.11. The highest BCUT2D eigenvalue weighted by Gasteiger charge is 2.22. The van der Waals surface area contributed by atoms with Crippen LogP contribution in [0.1, 0.15) is 30.1 Å². The van der Waals surface area contributed by atoms with Gasteiger partial charge in [0.05, 0.1) is 35.9 Å². The van der Waals surface area contributed by atoms with Crippen LogP contribution in [-0.2, 0) is 4.79 Å². The highest BCUT2D eigenvalue weighted by Crippen LogP contribution is 2.30. The minimum Gasteiger partial charge on any atom is -0.494 e. The Morgan fingerprint density at radius 1 is 1.16 bits per heavy atom. The number of imidazole rings is 1. The van der Waals surface area contributed by atoms with Crippen LogP contribution in [0.15, 0.2) is 59.9 Å². The van der Waals surface area contributed by atoms with Crippen LogP contribution in [0.25, 0.3) is 5.69 Å². The Kier molecular flexibility index (Phi) is 7.77. The van der Waals surface area contributed by atoms with Crippen LogP contribution in [0, 0.1) is 24.4 Å². The standard InChI is InChI=1S/C26H23ClF3N5O3/c1-14-11-34(13-32-14)22-4-3-17(10-23(22)38-2)33-20-9-16(27)12-35(26(20)37)21(5-6-24(31)36)15-7-18(28)25(30)19(29)8-15/h3-4,7-13,21,33H,5-6H2,1-2H3,(H2,31,36). The first-order valence-electron chi connectivity index (χ1n) is 11.4. The van der Waals surface area contributed by atoms with Crippen LogP contribution in [-0.4, -0.2) is 27.1 Å². The topological polar surface area (TPSA) is 104 Å². The lowest BCUT2D eigenvalue weighted by molar-refractivity contribution is -0.118. The summed E-state index contributed by atoms with van der Waals surface area (Å²) < 4.78 is 50.1. The van der Waals surface area contributed by atoms with Crippen molar-refractivity contribution in [1.82, 2.24) is 14.1 Å². The molecule has 1 unspecified atom stereocenters. The summed E-state index contributed by atoms with van der Waals surface area (Å²) in [5.74, 6) is -4.71. The van der Waals surface area contributed by atoms with E-state index in [-0.39, 0.29) is 29.1 Å². The van der Waals surface area contributed by atoms with E-state index in [1.165, 1.54) is 19.4 Å². The zero-order valence-electron chi connectivity index (χ0n) is 20.3. The molecule has 0 saturated heterocycles. The average Bonchev–Trinajstić information content (AvgIpc) is 3.30. The number of halogens is 4. The van der Waals surface area contributed by atoms with E-state index in [1.54, 1.807) is 29.1 Å². The Bertz CT molecular complexity index is 1550. The number of benzene rings is 2. The SMILES string of the molecule is COc1cc(Nc2cc(Cl)cn(C(CCC(N)=O)c3cc(F)c(F)c(F)c3)c2=O)ccc1-n1cnc(C)c1. The van der Waals surface area contributed by atoms with Gasteiger partial charge in [0, 0.05) is 30.6 Å². The number of primary amides is 1. The van der Waals surface area contributed by atoms with Gasteiger partial charge in [-0.2, -0.15) is 0 Å². The molecule has 0 fully saturated rings. The molecular formula is C26H23ClF3N5O3. The summed E-state index contributed by atoms with van der Waals surface area (Å²) in [6.07, 6.45) is 4.44. The zero-order chi connectivity index (χ0) is 27.6. The van der Waals surface area contributed by atoms with E-state index in [0.29, 0.717) is 17.1 Å². The molecule has 0 spiro atoms. The molecule has 0 bridgehead atoms. The molecule has 0 aliphatic heterocycles. The largest absolute Gasteiger partial charge is 0.494 e. The fourth-order valence-electron chi connectivity index (χ4n) is 4.08. The lowest BCUT2D eigenvalue weighted by Crippen LogP contribution is -2.28. The lowest BCUT2D eigenvalue weighted by atomic mass is 10.0. The van der Waals surface area contributed by atoms with Crippen molar-refractivity contribution in [1.29, 1.82) is 0 Å². The van der Waals surface area contributed by atoms with Gasteiger partial charge in [-0.3, -0.25) is 9.59 Å². The number of nitrogens with one attached hydrogen (secondary N) is 1. The molecule has 2 aromatic carbocycles. The molecule has 4 rings (SSSR count). The molecule has 12 heteroatoms. The van der Waals surface area contributed by atoms with Gasteiger partial charge < -0.3 is 24.9 Å². The molecule has 1 atom stereocenters. The number of nitrogens with zero attached hydrogens (tertiary/aromatic N) is 3. The van der Waals surface area contributed by atoms with Crippen molar-refractivity contribution >= 4 is 28.9 Å². The van der Waals surface area contributed by atoms with Gasteiger partial charge in [-0.15, -0.1) is 0 Å². The molecule has 198 valence electrons. The monoisotopic (exact) mass is 545 g/mol. The van der Waals surface area contributed by atoms with Crippen LogP contribution < -0.4 is 21.3 Å². The van der Waals surface area contributed by atoms with Gasteiger partial charge in [0.25, 0.3) is 5.56 Å². The summed E-state index contributed by atoms with van der Waals surface area (Å²) in [5.41, 5.74) is 6.66. The number of hydrogen-bond donors (Lipinski definition) is 2. The van der Waals surface area contributed by atoms with E-state index in [9.17, 15) is 22.8 Å². The Morgan fingerprint density at radius 3 is 2.47 bits per heavy atom. The van der Waals surface area contributed by atoms with Gasteiger partial charge in [0.2, 0.25) is 5.91 Å². The molecule has 2 heterocycles. The van der Waals surface area contributed by atoms with Crippen molar-refractivity contribution in [3.63, 3.8) is 0 Å². The second-order valence-corrected chi connectivity index (χ2v) is 8.97. The predicted octanol–water partition coefficient (Wildman–Crippen LogP) is 5.02. The first-order valence-corrected chi connectivity index (χ1v) is 11.8. The van der Waals surface area contributed by atoms with Gasteiger partial charge >= 0.3 is 0 Å². The minimum atomic E-state index is -1.65. The number of rotatable bonds is 9. The highest BCUT2D eigenvalue weighted by molar-refractivity contribution is 6.30. The van der Waals surface area contributed by atoms with E-state index in [4.69, 9.17) is 22.1 Å². The molecule has 2 aromatic heterocycles. The Balaban J connectivity index is 1.75. The summed E-state index contributed by atoms with van der Waals surface area (Å²) in [7, 11) is 1.50. The zero-order valence-corrected chi connectivity index (χ0v) is 21.1. The fraction of sp³-hybridized carbons (Fsp3) is 0.192. The normalized spacial score (nSPS) is 11.8. The van der Waals surface area contributed by atoms with E-state index in [1.807, 2.05) is 13.1 Å². The van der Waals surface area contributed by atoms with Crippen molar-refractivity contribution < 1.29 is 22.7 Å². The van der Waals surface area contributed by atoms with Crippen LogP contribution in [0.2, 0.25) is 5.02 Å². The number of anilines is 2. The van der Waals surface area contributed by atoms with E-state index in [2.05, 4.69) is 10.3 Å². The summed E-state index contributed by atoms with van der Waals surface area (Å²) in [6.45, 7) is 1.86. The molecule has 1 amide bonds. The van der Waals surface area contributed by atoms with Gasteiger partial charge in [-0.1, -0.05) is 11.6 Å². The maximum Gasteiger partial charge on any atom is 0.274 e. The first-order chi connectivity index (χ1) is 18.1. The molecule has 3 N–H and O–H groups in total. The Morgan fingerprint density at radius 2 is 1.87 bits per heavy atom.